The highest BCUT2D eigenvalue weighted by molar-refractivity contribution is 5.53. The molecule has 0 radical (unpaired) electrons. The number of methoxy groups -OCH3 is 1. The second kappa shape index (κ2) is 5.14. The van der Waals surface area contributed by atoms with Gasteiger partial charge in [0, 0.05) is 17.8 Å². The second-order valence-electron chi connectivity index (χ2n) is 4.32. The Labute approximate surface area is 105 Å². The summed E-state index contributed by atoms with van der Waals surface area (Å²) >= 11 is 0. The van der Waals surface area contributed by atoms with Gasteiger partial charge in [0.15, 0.2) is 0 Å². The van der Waals surface area contributed by atoms with Gasteiger partial charge in [0.25, 0.3) is 0 Å². The zero-order valence-electron chi connectivity index (χ0n) is 10.6. The van der Waals surface area contributed by atoms with Crippen LogP contribution in [-0.2, 0) is 0 Å². The van der Waals surface area contributed by atoms with Crippen LogP contribution in [0.25, 0.3) is 11.4 Å². The maximum absolute atomic E-state index is 5.94. The largest absolute Gasteiger partial charge is 0.481 e. The zero-order valence-corrected chi connectivity index (χ0v) is 10.6. The third-order valence-corrected chi connectivity index (χ3v) is 2.65. The number of hydrogen-bond acceptors (Lipinski definition) is 6. The number of aromatic nitrogens is 3. The molecule has 0 aliphatic rings. The van der Waals surface area contributed by atoms with Crippen molar-refractivity contribution in [2.24, 2.45) is 11.7 Å². The lowest BCUT2D eigenvalue weighted by molar-refractivity contribution is 0.325. The normalized spacial score (nSPS) is 12.7. The molecule has 2 aromatic heterocycles. The molecule has 0 saturated heterocycles. The Kier molecular flexibility index (Phi) is 3.57. The molecular formula is C12H16N4O2. The van der Waals surface area contributed by atoms with Crippen LogP contribution in [0.3, 0.4) is 0 Å². The first-order valence-corrected chi connectivity index (χ1v) is 5.71. The van der Waals surface area contributed by atoms with Crippen LogP contribution in [-0.4, -0.2) is 22.2 Å². The number of rotatable bonds is 4. The van der Waals surface area contributed by atoms with Gasteiger partial charge < -0.3 is 15.0 Å². The van der Waals surface area contributed by atoms with Crippen LogP contribution in [0.1, 0.15) is 25.8 Å². The first-order valence-electron chi connectivity index (χ1n) is 5.71. The Morgan fingerprint density at radius 2 is 2.11 bits per heavy atom. The molecule has 0 bridgehead atoms. The van der Waals surface area contributed by atoms with E-state index in [0.29, 0.717) is 17.6 Å². The predicted octanol–water partition coefficient (Wildman–Crippen LogP) is 1.80. The molecule has 0 unspecified atom stereocenters. The van der Waals surface area contributed by atoms with Gasteiger partial charge in [0.2, 0.25) is 17.6 Å². The van der Waals surface area contributed by atoms with Gasteiger partial charge in [-0.1, -0.05) is 19.0 Å². The Bertz CT molecular complexity index is 507. The molecule has 96 valence electrons. The molecule has 1 atom stereocenters. The van der Waals surface area contributed by atoms with Crippen LogP contribution in [0.2, 0.25) is 0 Å². The van der Waals surface area contributed by atoms with Gasteiger partial charge in [-0.3, -0.25) is 0 Å². The first kappa shape index (κ1) is 12.5. The summed E-state index contributed by atoms with van der Waals surface area (Å²) in [6, 6.07) is 3.31. The van der Waals surface area contributed by atoms with Crippen molar-refractivity contribution in [3.05, 3.63) is 24.2 Å². The minimum absolute atomic E-state index is 0.243. The van der Waals surface area contributed by atoms with E-state index >= 15 is 0 Å². The van der Waals surface area contributed by atoms with E-state index in [1.54, 1.807) is 19.4 Å². The fourth-order valence-corrected chi connectivity index (χ4v) is 1.41. The highest BCUT2D eigenvalue weighted by Gasteiger charge is 2.18. The van der Waals surface area contributed by atoms with Gasteiger partial charge in [-0.25, -0.2) is 4.98 Å². The zero-order chi connectivity index (χ0) is 13.1. The van der Waals surface area contributed by atoms with Crippen LogP contribution in [0.5, 0.6) is 5.88 Å². The van der Waals surface area contributed by atoms with Gasteiger partial charge in [0.05, 0.1) is 13.2 Å². The highest BCUT2D eigenvalue weighted by Crippen LogP contribution is 2.21. The molecule has 2 heterocycles. The van der Waals surface area contributed by atoms with Crippen molar-refractivity contribution in [2.75, 3.05) is 7.11 Å². The summed E-state index contributed by atoms with van der Waals surface area (Å²) in [4.78, 5) is 8.36. The molecular weight excluding hydrogens is 232 g/mol. The van der Waals surface area contributed by atoms with E-state index in [2.05, 4.69) is 15.1 Å². The average molecular weight is 248 g/mol. The smallest absolute Gasteiger partial charge is 0.244 e. The molecule has 0 spiro atoms. The number of nitrogens with two attached hydrogens (primary N) is 1. The summed E-state index contributed by atoms with van der Waals surface area (Å²) < 4.78 is 10.1. The Hall–Kier alpha value is -1.95. The van der Waals surface area contributed by atoms with Crippen LogP contribution in [0, 0.1) is 5.92 Å². The van der Waals surface area contributed by atoms with Crippen molar-refractivity contribution in [1.29, 1.82) is 0 Å². The minimum atomic E-state index is -0.252. The van der Waals surface area contributed by atoms with Crippen molar-refractivity contribution in [3.8, 4) is 17.3 Å². The van der Waals surface area contributed by atoms with E-state index < -0.39 is 0 Å². The molecule has 6 nitrogen and oxygen atoms in total. The molecule has 0 aliphatic heterocycles. The molecule has 6 heteroatoms. The maximum atomic E-state index is 5.94. The third kappa shape index (κ3) is 2.48. The third-order valence-electron chi connectivity index (χ3n) is 2.65. The van der Waals surface area contributed by atoms with Crippen molar-refractivity contribution in [2.45, 2.75) is 19.9 Å². The van der Waals surface area contributed by atoms with Gasteiger partial charge in [0.1, 0.15) is 0 Å². The summed E-state index contributed by atoms with van der Waals surface area (Å²) in [5, 5.41) is 3.90. The second-order valence-corrected chi connectivity index (χ2v) is 4.32. The molecule has 0 aliphatic carbocycles. The van der Waals surface area contributed by atoms with Crippen LogP contribution < -0.4 is 10.5 Å². The summed E-state index contributed by atoms with van der Waals surface area (Å²) in [5.41, 5.74) is 6.71. The molecule has 0 amide bonds. The monoisotopic (exact) mass is 248 g/mol. The van der Waals surface area contributed by atoms with Crippen LogP contribution in [0.4, 0.5) is 0 Å². The molecule has 0 fully saturated rings. The van der Waals surface area contributed by atoms with Gasteiger partial charge in [-0.05, 0) is 12.0 Å². The Balaban J connectivity index is 2.23. The van der Waals surface area contributed by atoms with E-state index in [-0.39, 0.29) is 12.0 Å². The van der Waals surface area contributed by atoms with Gasteiger partial charge in [-0.2, -0.15) is 4.98 Å². The Morgan fingerprint density at radius 1 is 1.33 bits per heavy atom. The van der Waals surface area contributed by atoms with Crippen molar-refractivity contribution in [1.82, 2.24) is 15.1 Å². The molecule has 18 heavy (non-hydrogen) atoms. The van der Waals surface area contributed by atoms with Gasteiger partial charge in [-0.15, -0.1) is 0 Å². The van der Waals surface area contributed by atoms with E-state index in [1.807, 2.05) is 19.9 Å². The molecule has 2 rings (SSSR count). The van der Waals surface area contributed by atoms with E-state index in [9.17, 15) is 0 Å². The average Bonchev–Trinajstić information content (AvgIpc) is 2.87. The van der Waals surface area contributed by atoms with Crippen molar-refractivity contribution >= 4 is 0 Å². The summed E-state index contributed by atoms with van der Waals surface area (Å²) in [6.45, 7) is 4.01. The maximum Gasteiger partial charge on any atom is 0.244 e. The van der Waals surface area contributed by atoms with Gasteiger partial charge >= 0.3 is 0 Å². The van der Waals surface area contributed by atoms with Crippen molar-refractivity contribution in [3.63, 3.8) is 0 Å². The molecule has 0 saturated carbocycles. The number of pyridine rings is 1. The summed E-state index contributed by atoms with van der Waals surface area (Å²) in [6.07, 6.45) is 1.63. The fourth-order valence-electron chi connectivity index (χ4n) is 1.41. The van der Waals surface area contributed by atoms with Crippen LogP contribution in [0.15, 0.2) is 22.9 Å². The lowest BCUT2D eigenvalue weighted by Crippen LogP contribution is -2.16. The SMILES string of the molecule is COc1ccc(-c2noc([C@H](N)C(C)C)n2)cn1. The van der Waals surface area contributed by atoms with Crippen LogP contribution >= 0.6 is 0 Å². The first-order chi connectivity index (χ1) is 8.61. The highest BCUT2D eigenvalue weighted by atomic mass is 16.5. The quantitative estimate of drug-likeness (QED) is 0.887. The molecule has 2 aromatic rings. The standard InChI is InChI=1S/C12H16N4O2/c1-7(2)10(13)12-15-11(16-18-12)8-4-5-9(17-3)14-6-8/h4-7,10H,13H2,1-3H3/t10-/m1/s1. The summed E-state index contributed by atoms with van der Waals surface area (Å²) in [7, 11) is 1.57. The molecule has 0 aromatic carbocycles. The summed E-state index contributed by atoms with van der Waals surface area (Å²) in [5.74, 6) is 1.71. The van der Waals surface area contributed by atoms with E-state index in [1.165, 1.54) is 0 Å². The number of hydrogen-bond donors (Lipinski definition) is 1. The lowest BCUT2D eigenvalue weighted by atomic mass is 10.1. The lowest BCUT2D eigenvalue weighted by Gasteiger charge is -2.09. The predicted molar refractivity (Wildman–Crippen MR) is 65.8 cm³/mol. The number of nitrogens with zero attached hydrogens (tertiary/aromatic N) is 3. The molecule has 2 N–H and O–H groups in total. The number of ether oxygens (including phenoxy) is 1. The van der Waals surface area contributed by atoms with Crippen molar-refractivity contribution < 1.29 is 9.26 Å². The van der Waals surface area contributed by atoms with E-state index in [4.69, 9.17) is 15.0 Å². The minimum Gasteiger partial charge on any atom is -0.481 e. The topological polar surface area (TPSA) is 87.1 Å². The fraction of sp³-hybridized carbons (Fsp3) is 0.417. The van der Waals surface area contributed by atoms with E-state index in [0.717, 1.165) is 5.56 Å². The Morgan fingerprint density at radius 3 is 2.67 bits per heavy atom.